The molecule has 112 valence electrons. The molecule has 1 aromatic carbocycles. The Kier molecular flexibility index (Phi) is 5.14. The third-order valence-electron chi connectivity index (χ3n) is 3.88. The lowest BCUT2D eigenvalue weighted by Gasteiger charge is -2.31. The fourth-order valence-corrected chi connectivity index (χ4v) is 2.31. The van der Waals surface area contributed by atoms with Gasteiger partial charge in [-0.15, -0.1) is 0 Å². The molecule has 4 nitrogen and oxygen atoms in total. The fraction of sp³-hybridized carbons (Fsp3) is 0.412. The smallest absolute Gasteiger partial charge is 0.247 e. The number of hydrogen-bond donors (Lipinski definition) is 0. The highest BCUT2D eigenvalue weighted by Crippen LogP contribution is 2.17. The predicted molar refractivity (Wildman–Crippen MR) is 83.7 cm³/mol. The molecule has 1 aromatic heterocycles. The highest BCUT2D eigenvalue weighted by Gasteiger charge is 2.25. The quantitative estimate of drug-likeness (QED) is 0.817. The molecule has 4 heteroatoms. The Morgan fingerprint density at radius 3 is 2.52 bits per heavy atom. The van der Waals surface area contributed by atoms with Crippen molar-refractivity contribution in [2.75, 3.05) is 0 Å². The summed E-state index contributed by atoms with van der Waals surface area (Å²) in [6.07, 6.45) is 4.47. The first kappa shape index (κ1) is 15.3. The van der Waals surface area contributed by atoms with E-state index in [0.717, 1.165) is 12.0 Å². The third-order valence-corrected chi connectivity index (χ3v) is 3.88. The molecule has 2 aromatic rings. The van der Waals surface area contributed by atoms with Gasteiger partial charge in [0, 0.05) is 25.0 Å². The minimum atomic E-state index is -0.280. The minimum Gasteiger partial charge on any atom is -0.334 e. The fourth-order valence-electron chi connectivity index (χ4n) is 2.31. The van der Waals surface area contributed by atoms with E-state index in [1.54, 1.807) is 10.9 Å². The van der Waals surface area contributed by atoms with Crippen LogP contribution in [0.1, 0.15) is 38.8 Å². The largest absolute Gasteiger partial charge is 0.334 e. The molecule has 1 heterocycles. The van der Waals surface area contributed by atoms with Gasteiger partial charge >= 0.3 is 0 Å². The summed E-state index contributed by atoms with van der Waals surface area (Å²) in [5, 5.41) is 4.18. The molecule has 0 saturated heterocycles. The maximum Gasteiger partial charge on any atom is 0.247 e. The van der Waals surface area contributed by atoms with Crippen LogP contribution in [0.15, 0.2) is 48.8 Å². The number of carbonyl (C=O) groups is 1. The van der Waals surface area contributed by atoms with E-state index >= 15 is 0 Å². The van der Waals surface area contributed by atoms with Gasteiger partial charge < -0.3 is 4.90 Å². The molecule has 0 radical (unpaired) electrons. The molecular formula is C17H23N3O. The first-order valence-corrected chi connectivity index (χ1v) is 7.47. The van der Waals surface area contributed by atoms with Gasteiger partial charge in [0.05, 0.1) is 0 Å². The standard InChI is InChI=1S/C17H23N3O/c1-4-14(2)19(13-16-9-6-5-7-10-16)17(21)15(3)20-12-8-11-18-20/h5-12,14-15H,4,13H2,1-3H3. The van der Waals surface area contributed by atoms with Gasteiger partial charge in [0.1, 0.15) is 6.04 Å². The molecular weight excluding hydrogens is 262 g/mol. The SMILES string of the molecule is CCC(C)N(Cc1ccccc1)C(=O)C(C)n1cccn1. The van der Waals surface area contributed by atoms with E-state index in [1.165, 1.54) is 0 Å². The average Bonchev–Trinajstić information content (AvgIpc) is 3.06. The van der Waals surface area contributed by atoms with E-state index in [-0.39, 0.29) is 18.0 Å². The predicted octanol–water partition coefficient (Wildman–Crippen LogP) is 3.27. The lowest BCUT2D eigenvalue weighted by molar-refractivity contribution is -0.137. The first-order valence-electron chi connectivity index (χ1n) is 7.47. The van der Waals surface area contributed by atoms with E-state index in [4.69, 9.17) is 0 Å². The van der Waals surface area contributed by atoms with Crippen molar-refractivity contribution in [1.29, 1.82) is 0 Å². The topological polar surface area (TPSA) is 38.1 Å². The summed E-state index contributed by atoms with van der Waals surface area (Å²) < 4.78 is 1.71. The summed E-state index contributed by atoms with van der Waals surface area (Å²) in [5.74, 6) is 0.108. The van der Waals surface area contributed by atoms with Crippen molar-refractivity contribution >= 4 is 5.91 Å². The minimum absolute atomic E-state index is 0.108. The molecule has 0 fully saturated rings. The molecule has 0 aliphatic heterocycles. The zero-order valence-electron chi connectivity index (χ0n) is 12.9. The Labute approximate surface area is 126 Å². The van der Waals surface area contributed by atoms with Crippen LogP contribution in [0.4, 0.5) is 0 Å². The van der Waals surface area contributed by atoms with Crippen molar-refractivity contribution in [2.24, 2.45) is 0 Å². The summed E-state index contributed by atoms with van der Waals surface area (Å²) in [5.41, 5.74) is 1.15. The van der Waals surface area contributed by atoms with Crippen LogP contribution < -0.4 is 0 Å². The van der Waals surface area contributed by atoms with E-state index in [2.05, 4.69) is 31.1 Å². The Morgan fingerprint density at radius 2 is 1.95 bits per heavy atom. The summed E-state index contributed by atoms with van der Waals surface area (Å²) >= 11 is 0. The van der Waals surface area contributed by atoms with E-state index < -0.39 is 0 Å². The molecule has 1 amide bonds. The summed E-state index contributed by atoms with van der Waals surface area (Å²) in [6, 6.07) is 11.9. The number of aromatic nitrogens is 2. The molecule has 0 bridgehead atoms. The number of hydrogen-bond acceptors (Lipinski definition) is 2. The monoisotopic (exact) mass is 285 g/mol. The van der Waals surface area contributed by atoms with Gasteiger partial charge in [0.25, 0.3) is 0 Å². The van der Waals surface area contributed by atoms with Crippen molar-refractivity contribution < 1.29 is 4.79 Å². The van der Waals surface area contributed by atoms with Gasteiger partial charge in [0.15, 0.2) is 0 Å². The summed E-state index contributed by atoms with van der Waals surface area (Å²) in [7, 11) is 0. The van der Waals surface area contributed by atoms with Gasteiger partial charge in [-0.3, -0.25) is 9.48 Å². The van der Waals surface area contributed by atoms with Gasteiger partial charge in [-0.25, -0.2) is 0 Å². The van der Waals surface area contributed by atoms with Crippen molar-refractivity contribution in [3.8, 4) is 0 Å². The van der Waals surface area contributed by atoms with Crippen LogP contribution in [0.25, 0.3) is 0 Å². The Hall–Kier alpha value is -2.10. The van der Waals surface area contributed by atoms with Crippen LogP contribution in [0, 0.1) is 0 Å². The Balaban J connectivity index is 2.17. The second-order valence-corrected chi connectivity index (χ2v) is 5.37. The molecule has 0 N–H and O–H groups in total. The molecule has 2 unspecified atom stereocenters. The lowest BCUT2D eigenvalue weighted by atomic mass is 10.1. The number of amides is 1. The second-order valence-electron chi connectivity index (χ2n) is 5.37. The average molecular weight is 285 g/mol. The van der Waals surface area contributed by atoms with E-state index in [1.807, 2.05) is 42.3 Å². The molecule has 2 rings (SSSR count). The molecule has 21 heavy (non-hydrogen) atoms. The summed E-state index contributed by atoms with van der Waals surface area (Å²) in [4.78, 5) is 14.8. The van der Waals surface area contributed by atoms with Gasteiger partial charge in [-0.05, 0) is 31.9 Å². The number of carbonyl (C=O) groups excluding carboxylic acids is 1. The summed E-state index contributed by atoms with van der Waals surface area (Å²) in [6.45, 7) is 6.74. The maximum atomic E-state index is 12.8. The molecule has 0 saturated carbocycles. The van der Waals surface area contributed by atoms with Crippen LogP contribution in [0.3, 0.4) is 0 Å². The molecule has 2 atom stereocenters. The Bertz CT molecular complexity index is 551. The zero-order valence-corrected chi connectivity index (χ0v) is 12.9. The van der Waals surface area contributed by atoms with Crippen molar-refractivity contribution in [3.63, 3.8) is 0 Å². The molecule has 0 spiro atoms. The van der Waals surface area contributed by atoms with E-state index in [9.17, 15) is 4.79 Å². The highest BCUT2D eigenvalue weighted by molar-refractivity contribution is 5.80. The number of nitrogens with zero attached hydrogens (tertiary/aromatic N) is 3. The van der Waals surface area contributed by atoms with Crippen LogP contribution in [0.5, 0.6) is 0 Å². The highest BCUT2D eigenvalue weighted by atomic mass is 16.2. The van der Waals surface area contributed by atoms with Crippen molar-refractivity contribution in [1.82, 2.24) is 14.7 Å². The van der Waals surface area contributed by atoms with Crippen LogP contribution in [-0.2, 0) is 11.3 Å². The Morgan fingerprint density at radius 1 is 1.24 bits per heavy atom. The third kappa shape index (κ3) is 3.72. The normalized spacial score (nSPS) is 13.7. The molecule has 0 aliphatic rings. The van der Waals surface area contributed by atoms with Crippen LogP contribution in [-0.4, -0.2) is 26.6 Å². The first-order chi connectivity index (χ1) is 10.1. The second kappa shape index (κ2) is 7.07. The number of benzene rings is 1. The van der Waals surface area contributed by atoms with Gasteiger partial charge in [0.2, 0.25) is 5.91 Å². The molecule has 0 aliphatic carbocycles. The zero-order chi connectivity index (χ0) is 15.2. The van der Waals surface area contributed by atoms with E-state index in [0.29, 0.717) is 6.54 Å². The van der Waals surface area contributed by atoms with Crippen LogP contribution >= 0.6 is 0 Å². The van der Waals surface area contributed by atoms with Crippen LogP contribution in [0.2, 0.25) is 0 Å². The maximum absolute atomic E-state index is 12.8. The number of rotatable bonds is 6. The van der Waals surface area contributed by atoms with Gasteiger partial charge in [-0.1, -0.05) is 37.3 Å². The van der Waals surface area contributed by atoms with Crippen molar-refractivity contribution in [3.05, 3.63) is 54.4 Å². The lowest BCUT2D eigenvalue weighted by Crippen LogP contribution is -2.41. The van der Waals surface area contributed by atoms with Gasteiger partial charge in [-0.2, -0.15) is 5.10 Å². The van der Waals surface area contributed by atoms with Crippen molar-refractivity contribution in [2.45, 2.75) is 45.8 Å².